The molecule has 2 N–H and O–H groups in total. The summed E-state index contributed by atoms with van der Waals surface area (Å²) in [6.07, 6.45) is 4.18. The molecule has 2 aromatic heterocycles. The predicted molar refractivity (Wildman–Crippen MR) is 131 cm³/mol. The van der Waals surface area contributed by atoms with Crippen LogP contribution in [0, 0.1) is 11.8 Å². The first-order valence-corrected chi connectivity index (χ1v) is 12.0. The molecule has 1 aromatic carbocycles. The number of para-hydroxylation sites is 1. The smallest absolute Gasteiger partial charge is 0.250 e. The number of aliphatic hydroxyl groups is 1. The van der Waals surface area contributed by atoms with E-state index >= 15 is 0 Å². The van der Waals surface area contributed by atoms with Crippen LogP contribution in [0.15, 0.2) is 71.8 Å². The van der Waals surface area contributed by atoms with E-state index < -0.39 is 6.04 Å². The van der Waals surface area contributed by atoms with Crippen molar-refractivity contribution in [2.45, 2.75) is 31.6 Å². The lowest BCUT2D eigenvalue weighted by atomic mass is 9.88. The summed E-state index contributed by atoms with van der Waals surface area (Å²) in [7, 11) is 1.63. The lowest BCUT2D eigenvalue weighted by molar-refractivity contribution is -0.127. The van der Waals surface area contributed by atoms with Gasteiger partial charge in [-0.05, 0) is 36.2 Å². The normalized spacial score (nSPS) is 23.0. The van der Waals surface area contributed by atoms with Gasteiger partial charge in [0.1, 0.15) is 5.75 Å². The number of pyridine rings is 2. The molecule has 8 heteroatoms. The van der Waals surface area contributed by atoms with E-state index in [0.29, 0.717) is 26.1 Å². The molecule has 0 radical (unpaired) electrons. The van der Waals surface area contributed by atoms with Crippen molar-refractivity contribution in [3.8, 4) is 5.75 Å². The Bertz CT molecular complexity index is 1250. The minimum absolute atomic E-state index is 0.0410. The second-order valence-corrected chi connectivity index (χ2v) is 9.18. The van der Waals surface area contributed by atoms with Gasteiger partial charge in [-0.1, -0.05) is 24.3 Å². The predicted octanol–water partition coefficient (Wildman–Crippen LogP) is 1.77. The zero-order chi connectivity index (χ0) is 24.4. The maximum Gasteiger partial charge on any atom is 0.250 e. The average molecular weight is 475 g/mol. The molecule has 1 amide bonds. The van der Waals surface area contributed by atoms with Crippen LogP contribution in [0.5, 0.6) is 5.75 Å². The number of hydrogen-bond acceptors (Lipinski definition) is 6. The number of carbonyl (C=O) groups excluding carboxylic acids is 1. The third kappa shape index (κ3) is 4.35. The third-order valence-electron chi connectivity index (χ3n) is 7.34. The van der Waals surface area contributed by atoms with Gasteiger partial charge in [0.05, 0.1) is 19.2 Å². The van der Waals surface area contributed by atoms with Crippen molar-refractivity contribution < 1.29 is 14.6 Å². The lowest BCUT2D eigenvalue weighted by Crippen LogP contribution is -2.48. The number of fused-ring (bicyclic) bond motifs is 3. The second kappa shape index (κ2) is 10.0. The van der Waals surface area contributed by atoms with Crippen LogP contribution in [0.1, 0.15) is 22.9 Å². The molecule has 8 nitrogen and oxygen atoms in total. The van der Waals surface area contributed by atoms with Gasteiger partial charge in [0, 0.05) is 67.8 Å². The summed E-state index contributed by atoms with van der Waals surface area (Å²) >= 11 is 0. The molecule has 4 heterocycles. The summed E-state index contributed by atoms with van der Waals surface area (Å²) in [6, 6.07) is 16.2. The third-order valence-corrected chi connectivity index (χ3v) is 7.34. The molecule has 1 fully saturated rings. The van der Waals surface area contributed by atoms with Gasteiger partial charge in [0.25, 0.3) is 5.56 Å². The second-order valence-electron chi connectivity index (χ2n) is 9.18. The fourth-order valence-electron chi connectivity index (χ4n) is 5.75. The van der Waals surface area contributed by atoms with Crippen LogP contribution in [0.25, 0.3) is 0 Å². The summed E-state index contributed by atoms with van der Waals surface area (Å²) < 4.78 is 7.36. The molecule has 5 rings (SSSR count). The van der Waals surface area contributed by atoms with Crippen LogP contribution >= 0.6 is 0 Å². The van der Waals surface area contributed by atoms with Gasteiger partial charge in [-0.3, -0.25) is 19.5 Å². The maximum absolute atomic E-state index is 13.6. The summed E-state index contributed by atoms with van der Waals surface area (Å²) in [5, 5.41) is 13.5. The SMILES string of the molecule is COc1ccccc1CN1[C@@H]2c3cccc(=O)n3C[C@@H]2[C@@H](CO)[C@@H]1C(=O)NCCc1ccncc1. The van der Waals surface area contributed by atoms with E-state index in [1.54, 1.807) is 36.2 Å². The van der Waals surface area contributed by atoms with Crippen LogP contribution in [-0.4, -0.2) is 51.8 Å². The minimum atomic E-state index is -0.526. The highest BCUT2D eigenvalue weighted by atomic mass is 16.5. The van der Waals surface area contributed by atoms with Gasteiger partial charge < -0.3 is 19.7 Å². The van der Waals surface area contributed by atoms with Gasteiger partial charge in [0.15, 0.2) is 0 Å². The van der Waals surface area contributed by atoms with Gasteiger partial charge in [0.2, 0.25) is 5.91 Å². The van der Waals surface area contributed by atoms with Crippen molar-refractivity contribution in [3.63, 3.8) is 0 Å². The number of amides is 1. The molecule has 4 atom stereocenters. The molecule has 2 aliphatic heterocycles. The number of carbonyl (C=O) groups is 1. The molecule has 0 saturated carbocycles. The highest BCUT2D eigenvalue weighted by molar-refractivity contribution is 5.82. The number of aromatic nitrogens is 2. The quantitative estimate of drug-likeness (QED) is 0.517. The number of methoxy groups -OCH3 is 1. The Morgan fingerprint density at radius 3 is 2.71 bits per heavy atom. The van der Waals surface area contributed by atoms with Crippen molar-refractivity contribution in [1.82, 2.24) is 19.8 Å². The number of likely N-dealkylation sites (tertiary alicyclic amines) is 1. The van der Waals surface area contributed by atoms with Gasteiger partial charge in [-0.2, -0.15) is 0 Å². The van der Waals surface area contributed by atoms with Gasteiger partial charge in [-0.15, -0.1) is 0 Å². The topological polar surface area (TPSA) is 96.7 Å². The molecular formula is C27H30N4O4. The molecule has 0 unspecified atom stereocenters. The highest BCUT2D eigenvalue weighted by Gasteiger charge is 2.55. The van der Waals surface area contributed by atoms with Crippen LogP contribution in [-0.2, 0) is 24.3 Å². The molecule has 0 bridgehead atoms. The van der Waals surface area contributed by atoms with Crippen LogP contribution in [0.2, 0.25) is 0 Å². The summed E-state index contributed by atoms with van der Waals surface area (Å²) in [6.45, 7) is 1.32. The number of nitrogens with one attached hydrogen (secondary N) is 1. The average Bonchev–Trinajstić information content (AvgIpc) is 3.41. The first-order chi connectivity index (χ1) is 17.1. The number of hydrogen-bond donors (Lipinski definition) is 2. The minimum Gasteiger partial charge on any atom is -0.496 e. The Balaban J connectivity index is 1.46. The fraction of sp³-hybridized carbons (Fsp3) is 0.370. The molecule has 35 heavy (non-hydrogen) atoms. The molecular weight excluding hydrogens is 444 g/mol. The van der Waals surface area contributed by atoms with Crippen molar-refractivity contribution in [2.24, 2.45) is 11.8 Å². The molecule has 182 valence electrons. The molecule has 3 aromatic rings. The van der Waals surface area contributed by atoms with Crippen molar-refractivity contribution in [2.75, 3.05) is 20.3 Å². The summed E-state index contributed by atoms with van der Waals surface area (Å²) in [4.78, 5) is 32.3. The Hall–Kier alpha value is -3.49. The zero-order valence-corrected chi connectivity index (χ0v) is 19.7. The Kier molecular flexibility index (Phi) is 6.66. The lowest BCUT2D eigenvalue weighted by Gasteiger charge is -2.31. The van der Waals surface area contributed by atoms with E-state index in [4.69, 9.17) is 4.74 Å². The van der Waals surface area contributed by atoms with E-state index in [0.717, 1.165) is 22.6 Å². The van der Waals surface area contributed by atoms with E-state index in [2.05, 4.69) is 15.2 Å². The zero-order valence-electron chi connectivity index (χ0n) is 19.7. The van der Waals surface area contributed by atoms with Crippen LogP contribution in [0.3, 0.4) is 0 Å². The standard InChI is InChI=1S/C27H30N4O4/c1-35-23-7-3-2-5-19(23)15-31-25-20(16-30-22(25)6-4-8-24(30)33)21(17-32)26(31)27(34)29-14-11-18-9-12-28-13-10-18/h2-10,12-13,20-21,25-26,32H,11,14-17H2,1H3,(H,29,34)/t20-,21-,25+,26-/m1/s1. The molecule has 1 saturated heterocycles. The summed E-state index contributed by atoms with van der Waals surface area (Å²) in [5.41, 5.74) is 2.90. The molecule has 0 spiro atoms. The first kappa shape index (κ1) is 23.3. The van der Waals surface area contributed by atoms with Gasteiger partial charge >= 0.3 is 0 Å². The maximum atomic E-state index is 13.6. The van der Waals surface area contributed by atoms with E-state index in [9.17, 15) is 14.7 Å². The number of ether oxygens (including phenoxy) is 1. The van der Waals surface area contributed by atoms with E-state index in [-0.39, 0.29) is 36.0 Å². The van der Waals surface area contributed by atoms with E-state index in [1.165, 1.54) is 0 Å². The fourth-order valence-corrected chi connectivity index (χ4v) is 5.75. The Morgan fingerprint density at radius 2 is 1.94 bits per heavy atom. The van der Waals surface area contributed by atoms with Gasteiger partial charge in [-0.25, -0.2) is 0 Å². The largest absolute Gasteiger partial charge is 0.496 e. The monoisotopic (exact) mass is 474 g/mol. The van der Waals surface area contributed by atoms with Crippen LogP contribution < -0.4 is 15.6 Å². The van der Waals surface area contributed by atoms with E-state index in [1.807, 2.05) is 42.5 Å². The van der Waals surface area contributed by atoms with Crippen LogP contribution in [0.4, 0.5) is 0 Å². The molecule has 2 aliphatic rings. The molecule has 0 aliphatic carbocycles. The first-order valence-electron chi connectivity index (χ1n) is 12.0. The van der Waals surface area contributed by atoms with Crippen molar-refractivity contribution in [3.05, 3.63) is 94.2 Å². The number of benzene rings is 1. The van der Waals surface area contributed by atoms with Crippen molar-refractivity contribution >= 4 is 5.91 Å². The number of aliphatic hydroxyl groups excluding tert-OH is 1. The highest BCUT2D eigenvalue weighted by Crippen LogP contribution is 2.50. The number of rotatable bonds is 8. The number of nitrogens with zero attached hydrogens (tertiary/aromatic N) is 3. The summed E-state index contributed by atoms with van der Waals surface area (Å²) in [5.74, 6) is 0.305. The Morgan fingerprint density at radius 1 is 1.14 bits per heavy atom. The Labute approximate surface area is 204 Å². The van der Waals surface area contributed by atoms with Crippen molar-refractivity contribution in [1.29, 1.82) is 0 Å².